The normalized spacial score (nSPS) is 22.0. The number of allylic oxidation sites excluding steroid dienone is 2. The van der Waals surface area contributed by atoms with Gasteiger partial charge in [-0.25, -0.2) is 0 Å². The molecule has 0 radical (unpaired) electrons. The Balaban J connectivity index is 2.08. The second-order valence-electron chi connectivity index (χ2n) is 4.60. The Morgan fingerprint density at radius 2 is 2.00 bits per heavy atom. The number of ether oxygens (including phenoxy) is 1. The fourth-order valence-electron chi connectivity index (χ4n) is 1.56. The quantitative estimate of drug-likeness (QED) is 0.330. The molecule has 1 N–H and O–H groups in total. The summed E-state index contributed by atoms with van der Waals surface area (Å²) in [5.41, 5.74) is 0. The number of hydrogen-bond donors (Lipinski definition) is 1. The van der Waals surface area contributed by atoms with Crippen molar-refractivity contribution in [2.24, 2.45) is 0 Å². The van der Waals surface area contributed by atoms with E-state index < -0.39 is 6.10 Å². The van der Waals surface area contributed by atoms with E-state index in [1.807, 2.05) is 19.1 Å². The molecule has 1 rings (SSSR count). The Hall–Kier alpha value is -1.48. The second-order valence-corrected chi connectivity index (χ2v) is 4.60. The van der Waals surface area contributed by atoms with Gasteiger partial charge in [-0.1, -0.05) is 30.4 Å². The maximum atomic E-state index is 9.55. The summed E-state index contributed by atoms with van der Waals surface area (Å²) >= 11 is 0. The molecular formula is C17H22O2. The third-order valence-electron chi connectivity index (χ3n) is 2.81. The molecule has 3 unspecified atom stereocenters. The van der Waals surface area contributed by atoms with Crippen LogP contribution >= 0.6 is 0 Å². The van der Waals surface area contributed by atoms with Gasteiger partial charge in [-0.2, -0.15) is 0 Å². The third kappa shape index (κ3) is 8.27. The van der Waals surface area contributed by atoms with E-state index in [1.165, 1.54) is 12.8 Å². The molecule has 0 amide bonds. The lowest BCUT2D eigenvalue weighted by Crippen LogP contribution is -1.96. The van der Waals surface area contributed by atoms with E-state index in [2.05, 4.69) is 30.3 Å². The van der Waals surface area contributed by atoms with Gasteiger partial charge in [0.1, 0.15) is 12.2 Å². The minimum Gasteiger partial charge on any atom is -0.377 e. The van der Waals surface area contributed by atoms with Crippen molar-refractivity contribution >= 4 is 0 Å². The fraction of sp³-hybridized carbons (Fsp3) is 0.529. The summed E-state index contributed by atoms with van der Waals surface area (Å²) in [6, 6.07) is 0. The van der Waals surface area contributed by atoms with E-state index in [9.17, 15) is 5.11 Å². The lowest BCUT2D eigenvalue weighted by Gasteiger charge is -1.95. The van der Waals surface area contributed by atoms with E-state index in [4.69, 9.17) is 4.74 Å². The molecule has 0 aromatic heterocycles. The molecule has 1 aliphatic heterocycles. The topological polar surface area (TPSA) is 32.8 Å². The van der Waals surface area contributed by atoms with Crippen LogP contribution < -0.4 is 0 Å². The fourth-order valence-corrected chi connectivity index (χ4v) is 1.56. The smallest absolute Gasteiger partial charge is 0.145 e. The van der Waals surface area contributed by atoms with Gasteiger partial charge in [0.2, 0.25) is 0 Å². The number of aliphatic hydroxyl groups excluding tert-OH is 1. The zero-order chi connectivity index (χ0) is 13.9. The number of hydrogen-bond acceptors (Lipinski definition) is 2. The summed E-state index contributed by atoms with van der Waals surface area (Å²) in [6.07, 6.45) is 10.8. The summed E-state index contributed by atoms with van der Waals surface area (Å²) in [5, 5.41) is 9.55. The summed E-state index contributed by atoms with van der Waals surface area (Å²) in [5.74, 6) is 10.9. The third-order valence-corrected chi connectivity index (χ3v) is 2.81. The molecule has 0 bridgehead atoms. The average molecular weight is 258 g/mol. The van der Waals surface area contributed by atoms with Gasteiger partial charge in [0, 0.05) is 0 Å². The van der Waals surface area contributed by atoms with Crippen molar-refractivity contribution in [1.29, 1.82) is 0 Å². The number of aliphatic hydroxyl groups is 1. The predicted octanol–water partition coefficient (Wildman–Crippen LogP) is 2.83. The minimum absolute atomic E-state index is 0.0394. The zero-order valence-corrected chi connectivity index (χ0v) is 11.6. The van der Waals surface area contributed by atoms with Crippen LogP contribution in [0.25, 0.3) is 0 Å². The first-order valence-corrected chi connectivity index (χ1v) is 6.86. The molecule has 1 saturated heterocycles. The largest absolute Gasteiger partial charge is 0.377 e. The molecular weight excluding hydrogens is 236 g/mol. The Morgan fingerprint density at radius 3 is 2.68 bits per heavy atom. The number of epoxide rings is 1. The zero-order valence-electron chi connectivity index (χ0n) is 11.6. The number of rotatable bonds is 7. The van der Waals surface area contributed by atoms with Crippen molar-refractivity contribution in [3.63, 3.8) is 0 Å². The molecule has 1 fully saturated rings. The van der Waals surface area contributed by atoms with Crippen LogP contribution in [0.15, 0.2) is 24.8 Å². The van der Waals surface area contributed by atoms with Gasteiger partial charge in [0.25, 0.3) is 0 Å². The lowest BCUT2D eigenvalue weighted by atomic mass is 10.1. The maximum absolute atomic E-state index is 9.55. The first-order valence-electron chi connectivity index (χ1n) is 6.86. The first kappa shape index (κ1) is 15.6. The van der Waals surface area contributed by atoms with Gasteiger partial charge < -0.3 is 9.84 Å². The van der Waals surface area contributed by atoms with Crippen molar-refractivity contribution in [1.82, 2.24) is 0 Å². The van der Waals surface area contributed by atoms with Gasteiger partial charge in [0.05, 0.1) is 6.10 Å². The van der Waals surface area contributed by atoms with Crippen molar-refractivity contribution < 1.29 is 9.84 Å². The molecule has 0 saturated carbocycles. The first-order chi connectivity index (χ1) is 9.24. The van der Waals surface area contributed by atoms with Crippen LogP contribution in [0, 0.1) is 23.7 Å². The van der Waals surface area contributed by atoms with Crippen molar-refractivity contribution in [3.8, 4) is 23.7 Å². The summed E-state index contributed by atoms with van der Waals surface area (Å²) in [7, 11) is 0. The molecule has 1 aliphatic rings. The van der Waals surface area contributed by atoms with Crippen LogP contribution in [-0.4, -0.2) is 23.4 Å². The van der Waals surface area contributed by atoms with Crippen LogP contribution in [0.5, 0.6) is 0 Å². The van der Waals surface area contributed by atoms with Crippen LogP contribution in [0.2, 0.25) is 0 Å². The van der Waals surface area contributed by atoms with Crippen molar-refractivity contribution in [3.05, 3.63) is 24.8 Å². The minimum atomic E-state index is -0.722. The SMILES string of the molecule is C=CCCCCCC=CC(O)C#CC#CC1OC1C. The molecule has 0 aromatic carbocycles. The average Bonchev–Trinajstić information content (AvgIpc) is 3.09. The van der Waals surface area contributed by atoms with Gasteiger partial charge in [-0.15, -0.1) is 6.58 Å². The molecule has 102 valence electrons. The predicted molar refractivity (Wildman–Crippen MR) is 78.3 cm³/mol. The molecule has 19 heavy (non-hydrogen) atoms. The summed E-state index contributed by atoms with van der Waals surface area (Å²) in [6.45, 7) is 5.66. The Morgan fingerprint density at radius 1 is 1.26 bits per heavy atom. The highest BCUT2D eigenvalue weighted by atomic mass is 16.6. The van der Waals surface area contributed by atoms with Gasteiger partial charge in [0.15, 0.2) is 0 Å². The molecule has 2 nitrogen and oxygen atoms in total. The molecule has 0 spiro atoms. The van der Waals surface area contributed by atoms with E-state index in [1.54, 1.807) is 6.08 Å². The molecule has 0 aromatic rings. The van der Waals surface area contributed by atoms with E-state index >= 15 is 0 Å². The van der Waals surface area contributed by atoms with Gasteiger partial charge in [-0.05, 0) is 50.5 Å². The number of unbranched alkanes of at least 4 members (excludes halogenated alkanes) is 4. The van der Waals surface area contributed by atoms with E-state index in [0.29, 0.717) is 0 Å². The standard InChI is InChI=1S/C17H22O2/c1-3-4-5-6-7-8-9-12-16(18)13-10-11-14-17-15(2)19-17/h3,9,12,15-18H,1,4-8H2,2H3. The van der Waals surface area contributed by atoms with Crippen molar-refractivity contribution in [2.75, 3.05) is 0 Å². The highest BCUT2D eigenvalue weighted by Gasteiger charge is 2.31. The van der Waals surface area contributed by atoms with Crippen LogP contribution in [0.4, 0.5) is 0 Å². The maximum Gasteiger partial charge on any atom is 0.145 e. The van der Waals surface area contributed by atoms with Crippen LogP contribution in [0.1, 0.15) is 39.0 Å². The van der Waals surface area contributed by atoms with Gasteiger partial charge in [-0.3, -0.25) is 0 Å². The monoisotopic (exact) mass is 258 g/mol. The molecule has 1 heterocycles. The van der Waals surface area contributed by atoms with Gasteiger partial charge >= 0.3 is 0 Å². The highest BCUT2D eigenvalue weighted by Crippen LogP contribution is 2.18. The Labute approximate surface area is 116 Å². The van der Waals surface area contributed by atoms with E-state index in [0.717, 1.165) is 19.3 Å². The summed E-state index contributed by atoms with van der Waals surface area (Å²) < 4.78 is 5.12. The van der Waals surface area contributed by atoms with E-state index in [-0.39, 0.29) is 12.2 Å². The Bertz CT molecular complexity index is 414. The molecule has 2 heteroatoms. The van der Waals surface area contributed by atoms with Crippen LogP contribution in [-0.2, 0) is 4.74 Å². The summed E-state index contributed by atoms with van der Waals surface area (Å²) in [4.78, 5) is 0. The lowest BCUT2D eigenvalue weighted by molar-refractivity contribution is 0.280. The molecule has 0 aliphatic carbocycles. The van der Waals surface area contributed by atoms with Crippen molar-refractivity contribution in [2.45, 2.75) is 57.3 Å². The van der Waals surface area contributed by atoms with Crippen LogP contribution in [0.3, 0.4) is 0 Å². The molecule has 3 atom stereocenters. The highest BCUT2D eigenvalue weighted by molar-refractivity contribution is 5.31. The second kappa shape index (κ2) is 9.45. The Kier molecular flexibility index (Phi) is 7.75.